The van der Waals surface area contributed by atoms with Gasteiger partial charge in [0.25, 0.3) is 10.0 Å². The zero-order valence-corrected chi connectivity index (χ0v) is 25.1. The van der Waals surface area contributed by atoms with E-state index in [4.69, 9.17) is 4.74 Å². The molecule has 230 valence electrons. The number of aliphatic carboxylic acids is 1. The second-order valence-corrected chi connectivity index (χ2v) is 11.7. The van der Waals surface area contributed by atoms with Crippen molar-refractivity contribution in [1.29, 1.82) is 0 Å². The number of rotatable bonds is 13. The number of likely N-dealkylation sites (tertiary alicyclic amines) is 1. The van der Waals surface area contributed by atoms with E-state index in [2.05, 4.69) is 15.3 Å². The van der Waals surface area contributed by atoms with E-state index in [0.29, 0.717) is 43.4 Å². The Hall–Kier alpha value is -4.46. The first-order chi connectivity index (χ1) is 20.6. The van der Waals surface area contributed by atoms with Crippen LogP contribution in [-0.4, -0.2) is 79.2 Å². The molecule has 14 heteroatoms. The van der Waals surface area contributed by atoms with Gasteiger partial charge in [0.05, 0.1) is 11.1 Å². The fourth-order valence-corrected chi connectivity index (χ4v) is 5.94. The standard InChI is InChI=1S/C29H35FN6O6S/c1-4-34(5-2)28-31-19-25(36(6-3)43(40,41)23-14-10-21(30)11-15-23)26(33-28)32-24(27(37)38)18-20-8-12-22(13-9-20)42-29(39)35-16-7-17-35/h8-15,19,24H,4-7,16-18H2,1-3H3,(H,37,38)(H,31,32,33)/t24-/m0/s1. The Balaban J connectivity index is 1.64. The molecule has 0 aliphatic carbocycles. The lowest BCUT2D eigenvalue weighted by Gasteiger charge is -2.29. The maximum atomic E-state index is 13.6. The summed E-state index contributed by atoms with van der Waals surface area (Å²) in [5.74, 6) is -1.12. The summed E-state index contributed by atoms with van der Waals surface area (Å²) in [5.41, 5.74) is 0.678. The van der Waals surface area contributed by atoms with Crippen molar-refractivity contribution in [3.05, 3.63) is 66.1 Å². The molecule has 1 atom stereocenters. The van der Waals surface area contributed by atoms with E-state index in [0.717, 1.165) is 35.0 Å². The Bertz CT molecular complexity index is 1530. The summed E-state index contributed by atoms with van der Waals surface area (Å²) in [5, 5.41) is 13.1. The van der Waals surface area contributed by atoms with E-state index in [1.54, 1.807) is 36.1 Å². The SMILES string of the molecule is CCN(CC)c1ncc(N(CC)S(=O)(=O)c2ccc(F)cc2)c(N[C@@H](Cc2ccc(OC(=O)N3CCC3)cc2)C(=O)O)n1. The summed E-state index contributed by atoms with van der Waals surface area (Å²) < 4.78 is 47.1. The molecule has 3 aromatic rings. The van der Waals surface area contributed by atoms with Crippen LogP contribution in [0.15, 0.2) is 59.6 Å². The second-order valence-electron chi connectivity index (χ2n) is 9.79. The van der Waals surface area contributed by atoms with Crippen LogP contribution in [0.5, 0.6) is 5.75 Å². The van der Waals surface area contributed by atoms with Crippen LogP contribution >= 0.6 is 0 Å². The molecule has 1 saturated heterocycles. The maximum Gasteiger partial charge on any atom is 0.415 e. The minimum Gasteiger partial charge on any atom is -0.480 e. The third-order valence-electron chi connectivity index (χ3n) is 7.05. The maximum absolute atomic E-state index is 13.6. The van der Waals surface area contributed by atoms with Crippen LogP contribution < -0.4 is 19.3 Å². The number of hydrogen-bond acceptors (Lipinski definition) is 9. The fourth-order valence-electron chi connectivity index (χ4n) is 4.48. The number of carboxylic acids is 1. The van der Waals surface area contributed by atoms with Gasteiger partial charge >= 0.3 is 12.1 Å². The van der Waals surface area contributed by atoms with Crippen LogP contribution in [0.1, 0.15) is 32.8 Å². The molecule has 4 rings (SSSR count). The van der Waals surface area contributed by atoms with Gasteiger partial charge in [0, 0.05) is 39.1 Å². The van der Waals surface area contributed by atoms with Gasteiger partial charge in [-0.1, -0.05) is 12.1 Å². The third kappa shape index (κ3) is 7.31. The van der Waals surface area contributed by atoms with Crippen molar-refractivity contribution in [3.8, 4) is 5.75 Å². The van der Waals surface area contributed by atoms with Crippen LogP contribution in [0.25, 0.3) is 0 Å². The minimum absolute atomic E-state index is 0.0105. The Morgan fingerprint density at radius 3 is 2.23 bits per heavy atom. The molecule has 1 amide bonds. The highest BCUT2D eigenvalue weighted by Gasteiger charge is 2.30. The van der Waals surface area contributed by atoms with Crippen LogP contribution in [0, 0.1) is 5.82 Å². The van der Waals surface area contributed by atoms with Gasteiger partial charge in [-0.25, -0.2) is 27.4 Å². The monoisotopic (exact) mass is 614 g/mol. The summed E-state index contributed by atoms with van der Waals surface area (Å²) in [6.07, 6.45) is 1.86. The highest BCUT2D eigenvalue weighted by atomic mass is 32.2. The van der Waals surface area contributed by atoms with Gasteiger partial charge < -0.3 is 25.0 Å². The Kier molecular flexibility index (Phi) is 10.0. The lowest BCUT2D eigenvalue weighted by atomic mass is 10.1. The predicted octanol–water partition coefficient (Wildman–Crippen LogP) is 3.99. The number of carbonyl (C=O) groups is 2. The van der Waals surface area contributed by atoms with Crippen LogP contribution in [0.2, 0.25) is 0 Å². The lowest BCUT2D eigenvalue weighted by molar-refractivity contribution is -0.137. The Morgan fingerprint density at radius 1 is 1.05 bits per heavy atom. The number of halogens is 1. The summed E-state index contributed by atoms with van der Waals surface area (Å²) in [6.45, 7) is 7.86. The van der Waals surface area contributed by atoms with E-state index >= 15 is 0 Å². The molecule has 0 bridgehead atoms. The number of carboxylic acid groups (broad SMARTS) is 1. The number of anilines is 3. The summed E-state index contributed by atoms with van der Waals surface area (Å²) in [4.78, 5) is 36.7. The molecule has 1 aromatic heterocycles. The second kappa shape index (κ2) is 13.7. The van der Waals surface area contributed by atoms with Gasteiger partial charge in [0.1, 0.15) is 23.3 Å². The first kappa shape index (κ1) is 31.5. The van der Waals surface area contributed by atoms with Crippen molar-refractivity contribution in [1.82, 2.24) is 14.9 Å². The van der Waals surface area contributed by atoms with Crippen molar-refractivity contribution >= 4 is 39.5 Å². The van der Waals surface area contributed by atoms with E-state index in [1.165, 1.54) is 6.20 Å². The van der Waals surface area contributed by atoms with Crippen molar-refractivity contribution in [2.45, 2.75) is 44.6 Å². The zero-order valence-electron chi connectivity index (χ0n) is 24.2. The van der Waals surface area contributed by atoms with Crippen LogP contribution in [0.3, 0.4) is 0 Å². The Labute approximate surface area is 250 Å². The molecular formula is C29H35FN6O6S. The highest BCUT2D eigenvalue weighted by Crippen LogP contribution is 2.31. The molecule has 12 nitrogen and oxygen atoms in total. The lowest BCUT2D eigenvalue weighted by Crippen LogP contribution is -2.43. The number of amides is 1. The van der Waals surface area contributed by atoms with Crippen LogP contribution in [0.4, 0.5) is 26.6 Å². The van der Waals surface area contributed by atoms with Crippen molar-refractivity contribution < 1.29 is 32.2 Å². The summed E-state index contributed by atoms with van der Waals surface area (Å²) in [6, 6.07) is 9.73. The first-order valence-corrected chi connectivity index (χ1v) is 15.5. The smallest absolute Gasteiger partial charge is 0.415 e. The molecule has 43 heavy (non-hydrogen) atoms. The normalized spacial score (nSPS) is 13.5. The Morgan fingerprint density at radius 2 is 1.70 bits per heavy atom. The number of ether oxygens (including phenoxy) is 1. The van der Waals surface area contributed by atoms with E-state index in [-0.39, 0.29) is 29.4 Å². The van der Waals surface area contributed by atoms with Gasteiger partial charge in [0.2, 0.25) is 5.95 Å². The molecule has 0 saturated carbocycles. The molecule has 2 aromatic carbocycles. The molecule has 2 N–H and O–H groups in total. The summed E-state index contributed by atoms with van der Waals surface area (Å²) in [7, 11) is -4.18. The topological polar surface area (TPSA) is 145 Å². The molecule has 2 heterocycles. The molecular weight excluding hydrogens is 579 g/mol. The number of sulfonamides is 1. The van der Waals surface area contributed by atoms with Gasteiger partial charge in [0.15, 0.2) is 5.82 Å². The van der Waals surface area contributed by atoms with E-state index in [9.17, 15) is 27.5 Å². The number of nitrogens with zero attached hydrogens (tertiary/aromatic N) is 5. The average Bonchev–Trinajstić information content (AvgIpc) is 2.94. The van der Waals surface area contributed by atoms with Gasteiger partial charge in [-0.15, -0.1) is 0 Å². The number of benzene rings is 2. The molecule has 1 aliphatic heterocycles. The first-order valence-electron chi connectivity index (χ1n) is 14.0. The highest BCUT2D eigenvalue weighted by molar-refractivity contribution is 7.92. The predicted molar refractivity (Wildman–Crippen MR) is 160 cm³/mol. The van der Waals surface area contributed by atoms with Gasteiger partial charge in [-0.3, -0.25) is 4.31 Å². The van der Waals surface area contributed by atoms with Crippen molar-refractivity contribution in [3.63, 3.8) is 0 Å². The number of aromatic nitrogens is 2. The minimum atomic E-state index is -4.18. The zero-order chi connectivity index (χ0) is 31.1. The third-order valence-corrected chi connectivity index (χ3v) is 8.96. The van der Waals surface area contributed by atoms with E-state index in [1.807, 2.05) is 18.7 Å². The van der Waals surface area contributed by atoms with Gasteiger partial charge in [-0.05, 0) is 69.2 Å². The fraction of sp³-hybridized carbons (Fsp3) is 0.379. The molecule has 0 unspecified atom stereocenters. The van der Waals surface area contributed by atoms with Crippen molar-refractivity contribution in [2.24, 2.45) is 0 Å². The van der Waals surface area contributed by atoms with Gasteiger partial charge in [-0.2, -0.15) is 4.98 Å². The van der Waals surface area contributed by atoms with Crippen molar-refractivity contribution in [2.75, 3.05) is 47.2 Å². The molecule has 0 radical (unpaired) electrons. The number of carbonyl (C=O) groups excluding carboxylic acids is 1. The summed E-state index contributed by atoms with van der Waals surface area (Å²) >= 11 is 0. The number of nitrogens with one attached hydrogen (secondary N) is 1. The molecule has 0 spiro atoms. The van der Waals surface area contributed by atoms with E-state index < -0.39 is 33.9 Å². The van der Waals surface area contributed by atoms with Crippen LogP contribution in [-0.2, 0) is 21.2 Å². The largest absolute Gasteiger partial charge is 0.480 e. The molecule has 1 fully saturated rings. The number of hydrogen-bond donors (Lipinski definition) is 2. The molecule has 1 aliphatic rings. The average molecular weight is 615 g/mol. The quantitative estimate of drug-likeness (QED) is 0.290.